The van der Waals surface area contributed by atoms with Crippen molar-refractivity contribution >= 4 is 28.9 Å². The largest absolute Gasteiger partial charge is 0.331 e. The summed E-state index contributed by atoms with van der Waals surface area (Å²) in [6.45, 7) is 4.95. The van der Waals surface area contributed by atoms with E-state index in [0.29, 0.717) is 6.54 Å². The number of rotatable bonds is 13. The van der Waals surface area contributed by atoms with Crippen molar-refractivity contribution in [2.75, 3.05) is 12.8 Å². The topological polar surface area (TPSA) is 65.0 Å². The number of thioether (sulfide) groups is 1. The number of carbonyl (C=O) groups is 2. The minimum Gasteiger partial charge on any atom is -0.331 e. The lowest BCUT2D eigenvalue weighted by atomic mass is 10.1. The van der Waals surface area contributed by atoms with Gasteiger partial charge in [-0.3, -0.25) is 10.1 Å². The highest BCUT2D eigenvalue weighted by Crippen LogP contribution is 2.30. The van der Waals surface area contributed by atoms with Crippen molar-refractivity contribution in [3.8, 4) is 0 Å². The average molecular weight is 473 g/mol. The highest BCUT2D eigenvalue weighted by Gasteiger charge is 2.48. The first-order valence-electron chi connectivity index (χ1n) is 12.6. The first kappa shape index (κ1) is 25.6. The Bertz CT molecular complexity index is 828. The molecule has 2 atom stereocenters. The average Bonchev–Trinajstić information content (AvgIpc) is 3.14. The molecule has 1 saturated heterocycles. The van der Waals surface area contributed by atoms with Crippen LogP contribution in [0.25, 0.3) is 0 Å². The Kier molecular flexibility index (Phi) is 10.1. The monoisotopic (exact) mass is 472 g/mol. The molecule has 3 amide bonds. The molecule has 7 heteroatoms. The molecule has 2 heterocycles. The third kappa shape index (κ3) is 7.23. The summed E-state index contributed by atoms with van der Waals surface area (Å²) < 4.78 is 0. The Morgan fingerprint density at radius 1 is 1.00 bits per heavy atom. The van der Waals surface area contributed by atoms with Gasteiger partial charge in [0, 0.05) is 19.3 Å². The first-order chi connectivity index (χ1) is 16.0. The lowest BCUT2D eigenvalue weighted by molar-refractivity contribution is -0.127. The number of nitrogens with one attached hydrogen (secondary N) is 1. The third-order valence-corrected chi connectivity index (χ3v) is 7.58. The second-order valence-electron chi connectivity index (χ2n) is 9.32. The summed E-state index contributed by atoms with van der Waals surface area (Å²) in [7, 11) is 1.71. The fraction of sp³-hybridized carbons (Fsp3) is 0.654. The molecule has 0 aromatic heterocycles. The van der Waals surface area contributed by atoms with Gasteiger partial charge in [0.25, 0.3) is 5.91 Å². The number of unbranched alkanes of at least 4 members (excludes halogenated alkanes) is 9. The van der Waals surface area contributed by atoms with E-state index in [1.807, 2.05) is 6.07 Å². The maximum absolute atomic E-state index is 12.7. The number of benzene rings is 1. The van der Waals surface area contributed by atoms with Crippen LogP contribution in [0.15, 0.2) is 29.3 Å². The smallest absolute Gasteiger partial charge is 0.325 e. The van der Waals surface area contributed by atoms with Gasteiger partial charge in [-0.2, -0.15) is 0 Å². The molecule has 0 radical (unpaired) electrons. The van der Waals surface area contributed by atoms with E-state index in [1.54, 1.807) is 23.7 Å². The molecule has 2 aliphatic heterocycles. The van der Waals surface area contributed by atoms with Gasteiger partial charge in [0.15, 0.2) is 17.4 Å². The van der Waals surface area contributed by atoms with Gasteiger partial charge in [0.1, 0.15) is 0 Å². The number of likely N-dealkylation sites (N-methyl/N-ethyl adjacent to an activating group) is 1. The molecule has 6 nitrogen and oxygen atoms in total. The second kappa shape index (κ2) is 13.0. The van der Waals surface area contributed by atoms with Gasteiger partial charge in [-0.25, -0.2) is 9.79 Å². The molecule has 0 spiro atoms. The van der Waals surface area contributed by atoms with Gasteiger partial charge in [0.2, 0.25) is 0 Å². The van der Waals surface area contributed by atoms with Crippen molar-refractivity contribution < 1.29 is 9.59 Å². The van der Waals surface area contributed by atoms with E-state index in [-0.39, 0.29) is 11.9 Å². The van der Waals surface area contributed by atoms with Crippen LogP contribution >= 0.6 is 11.8 Å². The molecule has 182 valence electrons. The predicted molar refractivity (Wildman–Crippen MR) is 137 cm³/mol. The van der Waals surface area contributed by atoms with Crippen LogP contribution in [0.2, 0.25) is 0 Å². The van der Waals surface area contributed by atoms with Crippen LogP contribution in [0.3, 0.4) is 0 Å². The van der Waals surface area contributed by atoms with Crippen LogP contribution in [0, 0.1) is 6.92 Å². The van der Waals surface area contributed by atoms with E-state index < -0.39 is 12.2 Å². The molecule has 1 aromatic rings. The molecule has 33 heavy (non-hydrogen) atoms. The number of urea groups is 1. The van der Waals surface area contributed by atoms with Gasteiger partial charge in [0.05, 0.1) is 0 Å². The SMILES string of the molecule is CCCCCCCCCCCCSC1=NC2C(C(=O)NC(=O)N2C)N1Cc1cccc(C)c1. The molecule has 1 aromatic carbocycles. The van der Waals surface area contributed by atoms with E-state index >= 15 is 0 Å². The summed E-state index contributed by atoms with van der Waals surface area (Å²) in [6, 6.07) is 7.51. The van der Waals surface area contributed by atoms with Crippen LogP contribution < -0.4 is 5.32 Å². The Morgan fingerprint density at radius 3 is 2.33 bits per heavy atom. The van der Waals surface area contributed by atoms with E-state index in [4.69, 9.17) is 4.99 Å². The molecule has 2 aliphatic rings. The third-order valence-electron chi connectivity index (χ3n) is 6.49. The highest BCUT2D eigenvalue weighted by molar-refractivity contribution is 8.13. The second-order valence-corrected chi connectivity index (χ2v) is 10.4. The Labute approximate surface area is 203 Å². The minimum atomic E-state index is -0.469. The summed E-state index contributed by atoms with van der Waals surface area (Å²) >= 11 is 1.72. The molecule has 3 rings (SSSR count). The van der Waals surface area contributed by atoms with Gasteiger partial charge in [-0.05, 0) is 18.9 Å². The van der Waals surface area contributed by atoms with Gasteiger partial charge >= 0.3 is 6.03 Å². The number of nitrogens with zero attached hydrogens (tertiary/aromatic N) is 3. The Hall–Kier alpha value is -2.02. The summed E-state index contributed by atoms with van der Waals surface area (Å²) in [5.74, 6) is 0.729. The molecular formula is C26H40N4O2S. The molecular weight excluding hydrogens is 432 g/mol. The van der Waals surface area contributed by atoms with E-state index in [1.165, 1.54) is 63.4 Å². The number of amides is 3. The fourth-order valence-corrected chi connectivity index (χ4v) is 5.60. The lowest BCUT2D eigenvalue weighted by Gasteiger charge is -2.36. The number of amidine groups is 1. The number of aryl methyl sites for hydroxylation is 1. The van der Waals surface area contributed by atoms with Crippen LogP contribution in [0.4, 0.5) is 4.79 Å². The number of hydrogen-bond acceptors (Lipinski definition) is 5. The summed E-state index contributed by atoms with van der Waals surface area (Å²) in [4.78, 5) is 33.3. The molecule has 2 unspecified atom stereocenters. The molecule has 1 fully saturated rings. The van der Waals surface area contributed by atoms with E-state index in [0.717, 1.165) is 22.9 Å². The van der Waals surface area contributed by atoms with E-state index in [2.05, 4.69) is 42.3 Å². The minimum absolute atomic E-state index is 0.256. The molecule has 0 aliphatic carbocycles. The van der Waals surface area contributed by atoms with Crippen molar-refractivity contribution in [3.63, 3.8) is 0 Å². The van der Waals surface area contributed by atoms with E-state index in [9.17, 15) is 9.59 Å². The molecule has 0 bridgehead atoms. The van der Waals surface area contributed by atoms with Crippen LogP contribution in [-0.2, 0) is 11.3 Å². The maximum Gasteiger partial charge on any atom is 0.325 e. The van der Waals surface area contributed by atoms with Crippen molar-refractivity contribution in [2.45, 2.75) is 96.8 Å². The normalized spacial score (nSPS) is 20.2. The van der Waals surface area contributed by atoms with Gasteiger partial charge < -0.3 is 9.80 Å². The number of carbonyl (C=O) groups excluding carboxylic acids is 2. The zero-order chi connectivity index (χ0) is 23.6. The molecule has 1 N–H and O–H groups in total. The Balaban J connectivity index is 1.50. The number of fused-ring (bicyclic) bond motifs is 1. The maximum atomic E-state index is 12.7. The first-order valence-corrected chi connectivity index (χ1v) is 13.6. The molecule has 0 saturated carbocycles. The van der Waals surface area contributed by atoms with Crippen molar-refractivity contribution in [1.82, 2.24) is 15.1 Å². The summed E-state index contributed by atoms with van der Waals surface area (Å²) in [5, 5.41) is 3.36. The van der Waals surface area contributed by atoms with Crippen LogP contribution in [0.1, 0.15) is 82.3 Å². The van der Waals surface area contributed by atoms with Crippen LogP contribution in [-0.4, -0.2) is 51.9 Å². The van der Waals surface area contributed by atoms with Gasteiger partial charge in [-0.15, -0.1) is 0 Å². The zero-order valence-electron chi connectivity index (χ0n) is 20.5. The van der Waals surface area contributed by atoms with Crippen molar-refractivity contribution in [1.29, 1.82) is 0 Å². The Morgan fingerprint density at radius 2 is 1.67 bits per heavy atom. The van der Waals surface area contributed by atoms with Crippen LogP contribution in [0.5, 0.6) is 0 Å². The number of hydrogen-bond donors (Lipinski definition) is 1. The summed E-state index contributed by atoms with van der Waals surface area (Å²) in [6.07, 6.45) is 12.7. The van der Waals surface area contributed by atoms with Crippen molar-refractivity contribution in [3.05, 3.63) is 35.4 Å². The van der Waals surface area contributed by atoms with Crippen molar-refractivity contribution in [2.24, 2.45) is 4.99 Å². The lowest BCUT2D eigenvalue weighted by Crippen LogP contribution is -2.63. The number of imide groups is 1. The quantitative estimate of drug-likeness (QED) is 0.374. The predicted octanol–water partition coefficient (Wildman–Crippen LogP) is 5.70. The zero-order valence-corrected chi connectivity index (χ0v) is 21.3. The number of aliphatic imine (C=N–C) groups is 1. The fourth-order valence-electron chi connectivity index (χ4n) is 4.55. The highest BCUT2D eigenvalue weighted by atomic mass is 32.2. The van der Waals surface area contributed by atoms with Gasteiger partial charge in [-0.1, -0.05) is 106 Å². The standard InChI is InChI=1S/C26H40N4O2S/c1-4-5-6-7-8-9-10-11-12-13-17-33-26-27-23-22(24(31)28-25(32)29(23)3)30(26)19-21-16-14-15-20(2)18-21/h14-16,18,22-23H,4-13,17,19H2,1-3H3,(H,28,31,32). The summed E-state index contributed by atoms with van der Waals surface area (Å²) in [5.41, 5.74) is 2.34.